The smallest absolute Gasteiger partial charge is 0.149 e. The highest BCUT2D eigenvalue weighted by Gasteiger charge is 2.23. The maximum atomic E-state index is 6.57. The van der Waals surface area contributed by atoms with E-state index in [2.05, 4.69) is 112 Å². The third-order valence-corrected chi connectivity index (χ3v) is 8.18. The summed E-state index contributed by atoms with van der Waals surface area (Å²) < 4.78 is 8.74. The summed E-state index contributed by atoms with van der Waals surface area (Å²) in [6.07, 6.45) is 3.19. The lowest BCUT2D eigenvalue weighted by atomic mass is 10.2. The fraction of sp³-hybridized carbons (Fsp3) is 0.154. The minimum Gasteiger partial charge on any atom is -0.459 e. The number of benzene rings is 3. The van der Waals surface area contributed by atoms with E-state index in [0.29, 0.717) is 0 Å². The zero-order chi connectivity index (χ0) is 21.6. The summed E-state index contributed by atoms with van der Waals surface area (Å²) in [6.45, 7) is 2.22. The zero-order valence-electron chi connectivity index (χ0n) is 17.1. The molecule has 0 fully saturated rings. The van der Waals surface area contributed by atoms with E-state index in [4.69, 9.17) is 4.42 Å². The van der Waals surface area contributed by atoms with Gasteiger partial charge in [-0.3, -0.25) is 0 Å². The zero-order valence-corrected chi connectivity index (χ0v) is 21.9. The molecular formula is C26H22Br2OS2. The number of hydrogen-bond acceptors (Lipinski definition) is 3. The molecule has 0 radical (unpaired) electrons. The topological polar surface area (TPSA) is 13.1 Å². The summed E-state index contributed by atoms with van der Waals surface area (Å²) in [6, 6.07) is 27.4. The van der Waals surface area contributed by atoms with Crippen molar-refractivity contribution >= 4 is 55.4 Å². The minimum atomic E-state index is 0.941. The van der Waals surface area contributed by atoms with Crippen LogP contribution in [0.4, 0.5) is 0 Å². The summed E-state index contributed by atoms with van der Waals surface area (Å²) in [5.74, 6) is 2.03. The van der Waals surface area contributed by atoms with Crippen molar-refractivity contribution in [1.82, 2.24) is 0 Å². The summed E-state index contributed by atoms with van der Waals surface area (Å²) in [5, 5.41) is 0. The third-order valence-electron chi connectivity index (χ3n) is 4.75. The van der Waals surface area contributed by atoms with Crippen LogP contribution in [0, 0.1) is 0 Å². The van der Waals surface area contributed by atoms with Crippen molar-refractivity contribution in [3.05, 3.63) is 93.6 Å². The molecule has 5 heteroatoms. The van der Waals surface area contributed by atoms with Gasteiger partial charge in [0.2, 0.25) is 0 Å². The van der Waals surface area contributed by atoms with E-state index in [1.165, 1.54) is 19.6 Å². The van der Waals surface area contributed by atoms with Gasteiger partial charge in [0.05, 0.1) is 9.79 Å². The fourth-order valence-corrected chi connectivity index (χ4v) is 5.86. The van der Waals surface area contributed by atoms with Crippen LogP contribution in [-0.4, -0.2) is 0 Å². The molecule has 0 saturated heterocycles. The first-order chi connectivity index (χ1) is 15.1. The number of aryl methyl sites for hydroxylation is 1. The Morgan fingerprint density at radius 3 is 1.81 bits per heavy atom. The second-order valence-corrected chi connectivity index (χ2v) is 11.1. The number of hydrogen-bond donors (Lipinski definition) is 0. The Morgan fingerprint density at radius 2 is 1.26 bits per heavy atom. The van der Waals surface area contributed by atoms with Gasteiger partial charge in [-0.25, -0.2) is 0 Å². The monoisotopic (exact) mass is 572 g/mol. The second kappa shape index (κ2) is 11.0. The van der Waals surface area contributed by atoms with Gasteiger partial charge in [0, 0.05) is 30.7 Å². The molecule has 1 heterocycles. The maximum absolute atomic E-state index is 6.57. The lowest BCUT2D eigenvalue weighted by Gasteiger charge is -2.08. The van der Waals surface area contributed by atoms with Crippen LogP contribution in [0.2, 0.25) is 0 Å². The van der Waals surface area contributed by atoms with Crippen LogP contribution < -0.4 is 0 Å². The highest BCUT2D eigenvalue weighted by Crippen LogP contribution is 2.48. The van der Waals surface area contributed by atoms with Gasteiger partial charge < -0.3 is 4.42 Å². The van der Waals surface area contributed by atoms with Crippen molar-refractivity contribution in [2.45, 2.75) is 45.8 Å². The van der Waals surface area contributed by atoms with Crippen molar-refractivity contribution in [3.8, 4) is 11.3 Å². The van der Waals surface area contributed by atoms with Gasteiger partial charge in [0.15, 0.2) is 0 Å². The Balaban J connectivity index is 1.82. The SMILES string of the molecule is CCCCc1oc(-c2ccccc2)c(Sc2ccc(Br)cc2)c1Sc1ccc(Br)cc1. The molecule has 0 spiro atoms. The van der Waals surface area contributed by atoms with E-state index in [-0.39, 0.29) is 0 Å². The largest absolute Gasteiger partial charge is 0.459 e. The van der Waals surface area contributed by atoms with Crippen molar-refractivity contribution in [2.24, 2.45) is 0 Å². The number of furan rings is 1. The number of rotatable bonds is 8. The van der Waals surface area contributed by atoms with E-state index >= 15 is 0 Å². The molecule has 3 aromatic carbocycles. The number of unbranched alkanes of at least 4 members (excludes halogenated alkanes) is 1. The molecule has 0 saturated carbocycles. The summed E-state index contributed by atoms with van der Waals surface area (Å²) in [7, 11) is 0. The lowest BCUT2D eigenvalue weighted by molar-refractivity contribution is 0.502. The van der Waals surface area contributed by atoms with Crippen molar-refractivity contribution in [1.29, 1.82) is 0 Å². The fourth-order valence-electron chi connectivity index (χ4n) is 3.16. The molecule has 0 bridgehead atoms. The van der Waals surface area contributed by atoms with Gasteiger partial charge in [-0.2, -0.15) is 0 Å². The quantitative estimate of drug-likeness (QED) is 0.208. The predicted molar refractivity (Wildman–Crippen MR) is 139 cm³/mol. The predicted octanol–water partition coefficient (Wildman–Crippen LogP) is 10.1. The van der Waals surface area contributed by atoms with E-state index in [0.717, 1.165) is 45.3 Å². The molecule has 0 aliphatic rings. The molecule has 0 N–H and O–H groups in total. The van der Waals surface area contributed by atoms with Gasteiger partial charge in [0.1, 0.15) is 11.5 Å². The number of halogens is 2. The van der Waals surface area contributed by atoms with Crippen molar-refractivity contribution < 1.29 is 4.42 Å². The average molecular weight is 574 g/mol. The normalized spacial score (nSPS) is 11.1. The van der Waals surface area contributed by atoms with Crippen LogP contribution in [-0.2, 0) is 6.42 Å². The van der Waals surface area contributed by atoms with Gasteiger partial charge in [-0.1, -0.05) is 99.1 Å². The first-order valence-electron chi connectivity index (χ1n) is 10.2. The first-order valence-corrected chi connectivity index (χ1v) is 13.4. The molecule has 158 valence electrons. The van der Waals surface area contributed by atoms with Gasteiger partial charge >= 0.3 is 0 Å². The first kappa shape index (κ1) is 22.8. The van der Waals surface area contributed by atoms with Crippen molar-refractivity contribution in [3.63, 3.8) is 0 Å². The van der Waals surface area contributed by atoms with Crippen LogP contribution >= 0.6 is 55.4 Å². The Labute approximate surface area is 209 Å². The molecule has 0 atom stereocenters. The van der Waals surface area contributed by atoms with Gasteiger partial charge in [-0.05, 0) is 55.0 Å². The molecule has 4 rings (SSSR count). The minimum absolute atomic E-state index is 0.941. The van der Waals surface area contributed by atoms with Crippen LogP contribution in [0.25, 0.3) is 11.3 Å². The molecule has 31 heavy (non-hydrogen) atoms. The molecule has 1 aromatic heterocycles. The molecule has 0 amide bonds. The Morgan fingerprint density at radius 1 is 0.710 bits per heavy atom. The van der Waals surface area contributed by atoms with Gasteiger partial charge in [-0.15, -0.1) is 0 Å². The van der Waals surface area contributed by atoms with Crippen molar-refractivity contribution in [2.75, 3.05) is 0 Å². The van der Waals surface area contributed by atoms with E-state index in [9.17, 15) is 0 Å². The van der Waals surface area contributed by atoms with Crippen LogP contribution in [0.3, 0.4) is 0 Å². The summed E-state index contributed by atoms with van der Waals surface area (Å²) >= 11 is 10.7. The Hall–Kier alpha value is -1.40. The molecule has 0 aliphatic carbocycles. The molecule has 0 unspecified atom stereocenters. The molecule has 1 nitrogen and oxygen atoms in total. The van der Waals surface area contributed by atoms with E-state index in [1.807, 2.05) is 6.07 Å². The molecule has 0 aliphatic heterocycles. The van der Waals surface area contributed by atoms with Crippen LogP contribution in [0.5, 0.6) is 0 Å². The highest BCUT2D eigenvalue weighted by molar-refractivity contribution is 9.10. The van der Waals surface area contributed by atoms with Crippen LogP contribution in [0.15, 0.2) is 112 Å². The van der Waals surface area contributed by atoms with Gasteiger partial charge in [0.25, 0.3) is 0 Å². The second-order valence-electron chi connectivity index (χ2n) is 7.09. The average Bonchev–Trinajstić information content (AvgIpc) is 3.13. The Bertz CT molecular complexity index is 1120. The van der Waals surface area contributed by atoms with E-state index in [1.54, 1.807) is 23.5 Å². The van der Waals surface area contributed by atoms with E-state index < -0.39 is 0 Å². The Kier molecular flexibility index (Phi) is 8.05. The summed E-state index contributed by atoms with van der Waals surface area (Å²) in [5.41, 5.74) is 1.11. The maximum Gasteiger partial charge on any atom is 0.149 e. The molecular weight excluding hydrogens is 552 g/mol. The van der Waals surface area contributed by atoms with Crippen LogP contribution in [0.1, 0.15) is 25.5 Å². The third kappa shape index (κ3) is 5.89. The lowest BCUT2D eigenvalue weighted by Crippen LogP contribution is -1.85. The highest BCUT2D eigenvalue weighted by atomic mass is 79.9. The summed E-state index contributed by atoms with van der Waals surface area (Å²) in [4.78, 5) is 4.81. The molecule has 4 aromatic rings. The standard InChI is InChI=1S/C26H22Br2OS2/c1-2-3-9-23-25(30-21-14-10-19(27)11-15-21)26(31-22-16-12-20(28)13-17-22)24(29-23)18-7-5-4-6-8-18/h4-8,10-17H,2-3,9H2,1H3.